The SMILES string of the molecule is CC(=O)Oc1cccc(C(=O)N[C@@H](C)C(=O)N[C@@H](C(=O)N[C@@H]2C(=O)N3[C@@H]2SC(C)(C)[C@@H]3C(=O)O)c2ccccc2)c1OC(C)=O. The first kappa shape index (κ1) is 33.0. The van der Waals surface area contributed by atoms with E-state index in [-0.39, 0.29) is 17.1 Å². The predicted octanol–water partition coefficient (Wildman–Crippen LogP) is 1.14. The van der Waals surface area contributed by atoms with Gasteiger partial charge in [0.05, 0.1) is 5.56 Å². The van der Waals surface area contributed by atoms with Crippen molar-refractivity contribution >= 4 is 53.3 Å². The number of benzene rings is 2. The Morgan fingerprint density at radius 2 is 1.56 bits per heavy atom. The fourth-order valence-electron chi connectivity index (χ4n) is 5.11. The van der Waals surface area contributed by atoms with Gasteiger partial charge in [-0.05, 0) is 38.5 Å². The molecule has 2 aliphatic rings. The second kappa shape index (κ2) is 13.0. The molecule has 0 aromatic heterocycles. The molecule has 2 aromatic carbocycles. The number of para-hydroxylation sites is 1. The summed E-state index contributed by atoms with van der Waals surface area (Å²) in [4.78, 5) is 89.2. The number of nitrogens with one attached hydrogen (secondary N) is 3. The summed E-state index contributed by atoms with van der Waals surface area (Å²) in [6.07, 6.45) is 0. The number of thioether (sulfide) groups is 1. The minimum Gasteiger partial charge on any atom is -0.480 e. The Bertz CT molecular complexity index is 1560. The molecule has 4 amide bonds. The van der Waals surface area contributed by atoms with Crippen molar-refractivity contribution in [3.63, 3.8) is 0 Å². The van der Waals surface area contributed by atoms with Crippen LogP contribution in [0.2, 0.25) is 0 Å². The van der Waals surface area contributed by atoms with E-state index in [9.17, 15) is 38.7 Å². The molecular weight excluding hydrogens is 608 g/mol. The third-order valence-corrected chi connectivity index (χ3v) is 8.69. The van der Waals surface area contributed by atoms with E-state index in [1.807, 2.05) is 0 Å². The average Bonchev–Trinajstić information content (AvgIpc) is 3.22. The Labute approximate surface area is 262 Å². The van der Waals surface area contributed by atoms with E-state index in [2.05, 4.69) is 16.0 Å². The highest BCUT2D eigenvalue weighted by Gasteiger charge is 2.64. The Morgan fingerprint density at radius 3 is 2.16 bits per heavy atom. The van der Waals surface area contributed by atoms with Crippen LogP contribution in [-0.4, -0.2) is 79.8 Å². The monoisotopic (exact) mass is 640 g/mol. The van der Waals surface area contributed by atoms with Gasteiger partial charge in [0.1, 0.15) is 29.5 Å². The molecule has 2 fully saturated rings. The first-order valence-electron chi connectivity index (χ1n) is 13.8. The lowest BCUT2D eigenvalue weighted by atomic mass is 9.95. The molecule has 0 saturated carbocycles. The number of amides is 4. The zero-order chi connectivity index (χ0) is 33.2. The van der Waals surface area contributed by atoms with Crippen molar-refractivity contribution in [2.75, 3.05) is 0 Å². The number of fused-ring (bicyclic) bond motifs is 1. The molecule has 2 saturated heterocycles. The number of carboxylic acid groups (broad SMARTS) is 1. The van der Waals surface area contributed by atoms with Gasteiger partial charge in [0.25, 0.3) is 5.91 Å². The van der Waals surface area contributed by atoms with Gasteiger partial charge in [-0.2, -0.15) is 0 Å². The first-order chi connectivity index (χ1) is 21.1. The smallest absolute Gasteiger partial charge is 0.327 e. The summed E-state index contributed by atoms with van der Waals surface area (Å²) in [6.45, 7) is 7.03. The summed E-state index contributed by atoms with van der Waals surface area (Å²) in [5, 5.41) is 16.8. The van der Waals surface area contributed by atoms with Crippen LogP contribution < -0.4 is 25.4 Å². The molecule has 0 unspecified atom stereocenters. The van der Waals surface area contributed by atoms with E-state index in [4.69, 9.17) is 9.47 Å². The summed E-state index contributed by atoms with van der Waals surface area (Å²) in [5.41, 5.74) is 0.199. The van der Waals surface area contributed by atoms with Gasteiger partial charge in [-0.1, -0.05) is 36.4 Å². The van der Waals surface area contributed by atoms with Gasteiger partial charge in [0, 0.05) is 18.6 Å². The average molecular weight is 641 g/mol. The molecule has 2 heterocycles. The van der Waals surface area contributed by atoms with Crippen LogP contribution >= 0.6 is 11.8 Å². The van der Waals surface area contributed by atoms with E-state index in [1.165, 1.54) is 41.8 Å². The van der Waals surface area contributed by atoms with Gasteiger partial charge >= 0.3 is 17.9 Å². The summed E-state index contributed by atoms with van der Waals surface area (Å²) >= 11 is 1.26. The standard InChI is InChI=1S/C30H32N4O10S/c1-14(31-25(38)18-12-9-13-19(43-15(2)35)22(18)44-16(3)36)24(37)32-20(17-10-7-6-8-11-17)26(39)33-21-27(40)34-23(29(41)42)30(4,5)45-28(21)34/h6-14,20-21,23,28H,1-5H3,(H,31,38)(H,32,37)(H,33,39)(H,41,42)/t14-,20+,21+,23-,28+/m0/s1. The molecule has 0 radical (unpaired) electrons. The number of aliphatic carboxylic acids is 1. The maximum Gasteiger partial charge on any atom is 0.327 e. The highest BCUT2D eigenvalue weighted by Crippen LogP contribution is 2.50. The molecule has 4 N–H and O–H groups in total. The number of carboxylic acids is 1. The zero-order valence-corrected chi connectivity index (χ0v) is 25.8. The number of hydrogen-bond donors (Lipinski definition) is 4. The van der Waals surface area contributed by atoms with Crippen LogP contribution in [0.4, 0.5) is 0 Å². The van der Waals surface area contributed by atoms with Crippen LogP contribution in [0.15, 0.2) is 48.5 Å². The molecule has 0 spiro atoms. The van der Waals surface area contributed by atoms with Crippen molar-refractivity contribution in [1.82, 2.24) is 20.9 Å². The van der Waals surface area contributed by atoms with Crippen molar-refractivity contribution in [1.29, 1.82) is 0 Å². The number of hydrogen-bond acceptors (Lipinski definition) is 10. The minimum absolute atomic E-state index is 0.175. The number of nitrogens with zero attached hydrogens (tertiary/aromatic N) is 1. The molecule has 4 rings (SSSR count). The number of esters is 2. The van der Waals surface area contributed by atoms with Gasteiger partial charge in [0.15, 0.2) is 11.5 Å². The molecule has 0 bridgehead atoms. The highest BCUT2D eigenvalue weighted by molar-refractivity contribution is 8.01. The predicted molar refractivity (Wildman–Crippen MR) is 159 cm³/mol. The molecule has 45 heavy (non-hydrogen) atoms. The van der Waals surface area contributed by atoms with Crippen molar-refractivity contribution < 1.29 is 48.1 Å². The summed E-state index contributed by atoms with van der Waals surface area (Å²) in [5.74, 6) is -5.98. The summed E-state index contributed by atoms with van der Waals surface area (Å²) in [7, 11) is 0. The van der Waals surface area contributed by atoms with E-state index < -0.39 is 75.8 Å². The van der Waals surface area contributed by atoms with E-state index in [0.717, 1.165) is 13.8 Å². The number of β-lactam (4-membered cyclic amide) rings is 1. The number of rotatable bonds is 10. The number of ether oxygens (including phenoxy) is 2. The van der Waals surface area contributed by atoms with E-state index in [0.29, 0.717) is 5.56 Å². The number of carbonyl (C=O) groups is 7. The largest absolute Gasteiger partial charge is 0.480 e. The highest BCUT2D eigenvalue weighted by atomic mass is 32.2. The Morgan fingerprint density at radius 1 is 0.911 bits per heavy atom. The second-order valence-corrected chi connectivity index (χ2v) is 12.7. The first-order valence-corrected chi connectivity index (χ1v) is 14.7. The van der Waals surface area contributed by atoms with Crippen molar-refractivity contribution in [3.8, 4) is 11.5 Å². The normalized spacial score (nSPS) is 20.9. The van der Waals surface area contributed by atoms with E-state index >= 15 is 0 Å². The lowest BCUT2D eigenvalue weighted by molar-refractivity contribution is -0.161. The molecular formula is C30H32N4O10S. The van der Waals surface area contributed by atoms with Crippen LogP contribution in [0.25, 0.3) is 0 Å². The quantitative estimate of drug-likeness (QED) is 0.165. The Kier molecular flexibility index (Phi) is 9.51. The zero-order valence-electron chi connectivity index (χ0n) is 25.0. The maximum absolute atomic E-state index is 13.5. The molecule has 2 aromatic rings. The van der Waals surface area contributed by atoms with Gasteiger partial charge in [0.2, 0.25) is 17.7 Å². The number of carbonyl (C=O) groups excluding carboxylic acids is 6. The lowest BCUT2D eigenvalue weighted by Gasteiger charge is -2.44. The molecule has 15 heteroatoms. The van der Waals surface area contributed by atoms with Crippen LogP contribution in [0.3, 0.4) is 0 Å². The summed E-state index contributed by atoms with van der Waals surface area (Å²) < 4.78 is 9.38. The van der Waals surface area contributed by atoms with E-state index in [1.54, 1.807) is 44.2 Å². The van der Waals surface area contributed by atoms with Crippen molar-refractivity contribution in [3.05, 3.63) is 59.7 Å². The maximum atomic E-state index is 13.5. The fraction of sp³-hybridized carbons (Fsp3) is 0.367. The van der Waals surface area contributed by atoms with Crippen molar-refractivity contribution in [2.45, 2.75) is 68.9 Å². The molecule has 5 atom stereocenters. The van der Waals surface area contributed by atoms with Crippen LogP contribution in [0.5, 0.6) is 11.5 Å². The summed E-state index contributed by atoms with van der Waals surface area (Å²) in [6, 6.07) is 7.69. The van der Waals surface area contributed by atoms with Crippen molar-refractivity contribution in [2.24, 2.45) is 0 Å². The third kappa shape index (κ3) is 6.93. The van der Waals surface area contributed by atoms with Crippen LogP contribution in [-0.2, 0) is 28.8 Å². The fourth-order valence-corrected chi connectivity index (χ4v) is 6.74. The van der Waals surface area contributed by atoms with Gasteiger partial charge in [-0.15, -0.1) is 11.8 Å². The topological polar surface area (TPSA) is 198 Å². The second-order valence-electron chi connectivity index (χ2n) is 11.0. The van der Waals surface area contributed by atoms with Crippen LogP contribution in [0.1, 0.15) is 56.6 Å². The van der Waals surface area contributed by atoms with Gasteiger partial charge < -0.3 is 35.4 Å². The molecule has 0 aliphatic carbocycles. The molecule has 238 valence electrons. The van der Waals surface area contributed by atoms with Crippen LogP contribution in [0, 0.1) is 0 Å². The Hall–Kier alpha value is -4.92. The molecule has 2 aliphatic heterocycles. The van der Waals surface area contributed by atoms with Gasteiger partial charge in [-0.25, -0.2) is 4.79 Å². The lowest BCUT2D eigenvalue weighted by Crippen LogP contribution is -2.71. The third-order valence-electron chi connectivity index (χ3n) is 7.12. The minimum atomic E-state index is -1.28. The molecule has 14 nitrogen and oxygen atoms in total. The van der Waals surface area contributed by atoms with Gasteiger partial charge in [-0.3, -0.25) is 28.8 Å². The Balaban J connectivity index is 1.50.